The number of nitrogens with one attached hydrogen (secondary N) is 1. The van der Waals surface area contributed by atoms with Crippen LogP contribution in [0.4, 0.5) is 0 Å². The first-order valence-corrected chi connectivity index (χ1v) is 4.83. The van der Waals surface area contributed by atoms with Gasteiger partial charge in [0.2, 0.25) is 0 Å². The Kier molecular flexibility index (Phi) is 2.35. The molecule has 2 fully saturated rings. The van der Waals surface area contributed by atoms with Gasteiger partial charge in [0.15, 0.2) is 0 Å². The van der Waals surface area contributed by atoms with Gasteiger partial charge in [-0.1, -0.05) is 0 Å². The third kappa shape index (κ3) is 1.37. The van der Waals surface area contributed by atoms with E-state index in [1.165, 1.54) is 19.4 Å². The van der Waals surface area contributed by atoms with Crippen molar-refractivity contribution in [2.24, 2.45) is 0 Å². The minimum Gasteiger partial charge on any atom is -0.381 e. The molecule has 0 unspecified atom stereocenters. The molecular weight excluding hydrogens is 152 g/mol. The first-order chi connectivity index (χ1) is 5.83. The summed E-state index contributed by atoms with van der Waals surface area (Å²) < 4.78 is 5.39. The van der Waals surface area contributed by atoms with E-state index in [9.17, 15) is 0 Å². The van der Waals surface area contributed by atoms with Crippen molar-refractivity contribution >= 4 is 0 Å². The number of nitrogens with zero attached hydrogens (tertiary/aromatic N) is 1. The first-order valence-electron chi connectivity index (χ1n) is 4.83. The minimum atomic E-state index is 0.413. The molecule has 0 atom stereocenters. The van der Waals surface area contributed by atoms with Gasteiger partial charge in [0, 0.05) is 38.4 Å². The molecule has 0 aromatic heterocycles. The second-order valence-corrected chi connectivity index (χ2v) is 3.94. The van der Waals surface area contributed by atoms with Gasteiger partial charge in [-0.2, -0.15) is 0 Å². The summed E-state index contributed by atoms with van der Waals surface area (Å²) in [5, 5.41) is 3.48. The fourth-order valence-corrected chi connectivity index (χ4v) is 2.25. The molecule has 1 N–H and O–H groups in total. The van der Waals surface area contributed by atoms with Gasteiger partial charge in [-0.25, -0.2) is 0 Å². The topological polar surface area (TPSA) is 24.5 Å². The van der Waals surface area contributed by atoms with Crippen LogP contribution < -0.4 is 5.32 Å². The minimum absolute atomic E-state index is 0.413. The van der Waals surface area contributed by atoms with Gasteiger partial charge in [-0.15, -0.1) is 0 Å². The van der Waals surface area contributed by atoms with E-state index < -0.39 is 0 Å². The molecule has 2 saturated heterocycles. The predicted molar refractivity (Wildman–Crippen MR) is 48.3 cm³/mol. The van der Waals surface area contributed by atoms with Crippen molar-refractivity contribution in [3.05, 3.63) is 0 Å². The summed E-state index contributed by atoms with van der Waals surface area (Å²) in [6.07, 6.45) is 2.38. The van der Waals surface area contributed by atoms with Gasteiger partial charge >= 0.3 is 0 Å². The normalized spacial score (nSPS) is 30.8. The van der Waals surface area contributed by atoms with E-state index in [2.05, 4.69) is 17.3 Å². The molecule has 0 saturated carbocycles. The van der Waals surface area contributed by atoms with Crippen LogP contribution in [0.25, 0.3) is 0 Å². The highest BCUT2D eigenvalue weighted by Crippen LogP contribution is 2.27. The average molecular weight is 170 g/mol. The van der Waals surface area contributed by atoms with Crippen LogP contribution in [-0.4, -0.2) is 50.3 Å². The van der Waals surface area contributed by atoms with Crippen molar-refractivity contribution in [1.29, 1.82) is 0 Å². The monoisotopic (exact) mass is 170 g/mol. The molecule has 70 valence electrons. The van der Waals surface area contributed by atoms with Crippen molar-refractivity contribution in [2.45, 2.75) is 18.4 Å². The Bertz CT molecular complexity index is 146. The lowest BCUT2D eigenvalue weighted by molar-refractivity contribution is -0.0282. The molecule has 1 spiro atoms. The zero-order valence-electron chi connectivity index (χ0n) is 7.81. The van der Waals surface area contributed by atoms with Gasteiger partial charge < -0.3 is 10.1 Å². The number of hydrogen-bond acceptors (Lipinski definition) is 3. The van der Waals surface area contributed by atoms with Crippen LogP contribution in [0.5, 0.6) is 0 Å². The Labute approximate surface area is 74.1 Å². The first kappa shape index (κ1) is 8.48. The van der Waals surface area contributed by atoms with E-state index in [0.717, 1.165) is 26.3 Å². The molecule has 3 nitrogen and oxygen atoms in total. The number of hydrogen-bond donors (Lipinski definition) is 1. The zero-order chi connectivity index (χ0) is 8.44. The Morgan fingerprint density at radius 3 is 2.75 bits per heavy atom. The van der Waals surface area contributed by atoms with Crippen molar-refractivity contribution < 1.29 is 4.74 Å². The third-order valence-electron chi connectivity index (χ3n) is 3.31. The van der Waals surface area contributed by atoms with Crippen LogP contribution in [0.15, 0.2) is 0 Å². The van der Waals surface area contributed by atoms with Crippen LogP contribution >= 0.6 is 0 Å². The SMILES string of the molecule is CN1CCNCC12CCOCC2. The Morgan fingerprint density at radius 2 is 2.08 bits per heavy atom. The summed E-state index contributed by atoms with van der Waals surface area (Å²) in [5.41, 5.74) is 0.413. The van der Waals surface area contributed by atoms with Crippen LogP contribution in [0.1, 0.15) is 12.8 Å². The Hall–Kier alpha value is -0.120. The number of piperazine rings is 1. The van der Waals surface area contributed by atoms with Gasteiger partial charge in [0.05, 0.1) is 0 Å². The van der Waals surface area contributed by atoms with Crippen LogP contribution in [-0.2, 0) is 4.74 Å². The average Bonchev–Trinajstić information content (AvgIpc) is 2.12. The molecular formula is C9H18N2O. The summed E-state index contributed by atoms with van der Waals surface area (Å²) in [6.45, 7) is 5.34. The van der Waals surface area contributed by atoms with Crippen LogP contribution in [0.3, 0.4) is 0 Å². The predicted octanol–water partition coefficient (Wildman–Crippen LogP) is 0.0706. The lowest BCUT2D eigenvalue weighted by atomic mass is 9.87. The fraction of sp³-hybridized carbons (Fsp3) is 1.00. The van der Waals surface area contributed by atoms with E-state index in [0.29, 0.717) is 5.54 Å². The van der Waals surface area contributed by atoms with Crippen molar-refractivity contribution in [3.63, 3.8) is 0 Å². The van der Waals surface area contributed by atoms with Gasteiger partial charge in [0.1, 0.15) is 0 Å². The standard InChI is InChI=1S/C9H18N2O/c1-11-5-4-10-8-9(11)2-6-12-7-3-9/h10H,2-8H2,1H3. The molecule has 2 aliphatic heterocycles. The van der Waals surface area contributed by atoms with Crippen LogP contribution in [0, 0.1) is 0 Å². The number of rotatable bonds is 0. The molecule has 0 aliphatic carbocycles. The summed E-state index contributed by atoms with van der Waals surface area (Å²) in [5.74, 6) is 0. The van der Waals surface area contributed by atoms with Gasteiger partial charge in [-0.05, 0) is 19.9 Å². The second kappa shape index (κ2) is 3.32. The molecule has 0 bridgehead atoms. The molecule has 3 heteroatoms. The molecule has 2 aliphatic rings. The fourth-order valence-electron chi connectivity index (χ4n) is 2.25. The molecule has 2 rings (SSSR count). The van der Waals surface area contributed by atoms with E-state index >= 15 is 0 Å². The Balaban J connectivity index is 2.04. The van der Waals surface area contributed by atoms with Crippen molar-refractivity contribution in [2.75, 3.05) is 39.9 Å². The maximum atomic E-state index is 5.39. The lowest BCUT2D eigenvalue weighted by Crippen LogP contribution is -2.61. The van der Waals surface area contributed by atoms with E-state index in [1.54, 1.807) is 0 Å². The van der Waals surface area contributed by atoms with Crippen LogP contribution in [0.2, 0.25) is 0 Å². The highest BCUT2D eigenvalue weighted by molar-refractivity contribution is 4.95. The molecule has 0 amide bonds. The van der Waals surface area contributed by atoms with Crippen molar-refractivity contribution in [1.82, 2.24) is 10.2 Å². The molecule has 0 aromatic carbocycles. The summed E-state index contributed by atoms with van der Waals surface area (Å²) >= 11 is 0. The largest absolute Gasteiger partial charge is 0.381 e. The number of ether oxygens (including phenoxy) is 1. The van der Waals surface area contributed by atoms with E-state index in [4.69, 9.17) is 4.74 Å². The summed E-state index contributed by atoms with van der Waals surface area (Å²) in [6, 6.07) is 0. The van der Waals surface area contributed by atoms with Gasteiger partial charge in [-0.3, -0.25) is 4.90 Å². The van der Waals surface area contributed by atoms with E-state index in [1.807, 2.05) is 0 Å². The quantitative estimate of drug-likeness (QED) is 0.557. The maximum absolute atomic E-state index is 5.39. The van der Waals surface area contributed by atoms with Crippen molar-refractivity contribution in [3.8, 4) is 0 Å². The Morgan fingerprint density at radius 1 is 1.33 bits per heavy atom. The molecule has 0 radical (unpaired) electrons. The number of likely N-dealkylation sites (N-methyl/N-ethyl adjacent to an activating group) is 1. The second-order valence-electron chi connectivity index (χ2n) is 3.94. The highest BCUT2D eigenvalue weighted by atomic mass is 16.5. The molecule has 2 heterocycles. The molecule has 12 heavy (non-hydrogen) atoms. The summed E-state index contributed by atoms with van der Waals surface area (Å²) in [4.78, 5) is 2.51. The lowest BCUT2D eigenvalue weighted by Gasteiger charge is -2.47. The highest BCUT2D eigenvalue weighted by Gasteiger charge is 2.37. The smallest absolute Gasteiger partial charge is 0.0484 e. The third-order valence-corrected chi connectivity index (χ3v) is 3.31. The summed E-state index contributed by atoms with van der Waals surface area (Å²) in [7, 11) is 2.24. The molecule has 0 aromatic rings. The van der Waals surface area contributed by atoms with E-state index in [-0.39, 0.29) is 0 Å². The maximum Gasteiger partial charge on any atom is 0.0484 e. The zero-order valence-corrected chi connectivity index (χ0v) is 7.81. The van der Waals surface area contributed by atoms with Gasteiger partial charge in [0.25, 0.3) is 0 Å².